The van der Waals surface area contributed by atoms with Crippen LogP contribution in [0.2, 0.25) is 0 Å². The SMILES string of the molecule is O=C(CNc1ccc(C(F)(F)F)cc1)Nc1ccc(C(F)(F)F)cc1. The Morgan fingerprint density at radius 3 is 1.52 bits per heavy atom. The molecular weight excluding hydrogens is 350 g/mol. The molecule has 2 N–H and O–H groups in total. The second-order valence-electron chi connectivity index (χ2n) is 5.05. The maximum absolute atomic E-state index is 12.4. The van der Waals surface area contributed by atoms with Gasteiger partial charge in [-0.2, -0.15) is 26.3 Å². The van der Waals surface area contributed by atoms with E-state index in [0.29, 0.717) is 5.69 Å². The van der Waals surface area contributed by atoms with E-state index < -0.39 is 29.4 Å². The van der Waals surface area contributed by atoms with Gasteiger partial charge in [0.05, 0.1) is 17.7 Å². The monoisotopic (exact) mass is 362 g/mol. The molecule has 0 aliphatic rings. The predicted octanol–water partition coefficient (Wildman–Crippen LogP) is 4.77. The largest absolute Gasteiger partial charge is 0.416 e. The Balaban J connectivity index is 1.88. The van der Waals surface area contributed by atoms with E-state index in [0.717, 1.165) is 36.4 Å². The van der Waals surface area contributed by atoms with Crippen molar-refractivity contribution in [1.29, 1.82) is 0 Å². The van der Waals surface area contributed by atoms with Crippen LogP contribution in [-0.2, 0) is 17.1 Å². The van der Waals surface area contributed by atoms with Crippen LogP contribution in [0.15, 0.2) is 48.5 Å². The Hall–Kier alpha value is -2.71. The smallest absolute Gasteiger partial charge is 0.376 e. The van der Waals surface area contributed by atoms with Crippen LogP contribution in [0, 0.1) is 0 Å². The fourth-order valence-corrected chi connectivity index (χ4v) is 1.91. The summed E-state index contributed by atoms with van der Waals surface area (Å²) >= 11 is 0. The van der Waals surface area contributed by atoms with E-state index in [1.165, 1.54) is 12.1 Å². The van der Waals surface area contributed by atoms with Gasteiger partial charge >= 0.3 is 12.4 Å². The van der Waals surface area contributed by atoms with Gasteiger partial charge in [0.25, 0.3) is 0 Å². The molecule has 0 fully saturated rings. The number of alkyl halides is 6. The zero-order valence-corrected chi connectivity index (χ0v) is 12.5. The topological polar surface area (TPSA) is 41.1 Å². The third-order valence-corrected chi connectivity index (χ3v) is 3.16. The molecule has 2 aromatic rings. The first-order valence-corrected chi connectivity index (χ1v) is 6.94. The fraction of sp³-hybridized carbons (Fsp3) is 0.188. The van der Waals surface area contributed by atoms with Crippen LogP contribution in [0.3, 0.4) is 0 Å². The van der Waals surface area contributed by atoms with Crippen molar-refractivity contribution in [2.45, 2.75) is 12.4 Å². The fourth-order valence-electron chi connectivity index (χ4n) is 1.91. The van der Waals surface area contributed by atoms with Gasteiger partial charge in [-0.1, -0.05) is 0 Å². The number of hydrogen-bond donors (Lipinski definition) is 2. The summed E-state index contributed by atoms with van der Waals surface area (Å²) in [5.41, 5.74) is -1.18. The molecule has 25 heavy (non-hydrogen) atoms. The number of rotatable bonds is 4. The Kier molecular flexibility index (Phi) is 5.24. The summed E-state index contributed by atoms with van der Waals surface area (Å²) in [5, 5.41) is 5.00. The molecule has 0 saturated carbocycles. The first kappa shape index (κ1) is 18.6. The van der Waals surface area contributed by atoms with Crippen molar-refractivity contribution in [3.05, 3.63) is 59.7 Å². The Morgan fingerprint density at radius 1 is 0.720 bits per heavy atom. The Labute approximate surface area is 138 Å². The number of halogens is 6. The number of nitrogens with one attached hydrogen (secondary N) is 2. The van der Waals surface area contributed by atoms with Crippen molar-refractivity contribution in [2.24, 2.45) is 0 Å². The van der Waals surface area contributed by atoms with Crippen LogP contribution in [-0.4, -0.2) is 12.5 Å². The summed E-state index contributed by atoms with van der Waals surface area (Å²) in [5.74, 6) is -0.556. The highest BCUT2D eigenvalue weighted by molar-refractivity contribution is 5.93. The molecule has 0 atom stereocenters. The van der Waals surface area contributed by atoms with Crippen molar-refractivity contribution < 1.29 is 31.1 Å². The first-order valence-electron chi connectivity index (χ1n) is 6.94. The quantitative estimate of drug-likeness (QED) is 0.769. The number of benzene rings is 2. The van der Waals surface area contributed by atoms with Gasteiger partial charge < -0.3 is 10.6 Å². The zero-order valence-electron chi connectivity index (χ0n) is 12.5. The minimum absolute atomic E-state index is 0.173. The maximum Gasteiger partial charge on any atom is 0.416 e. The summed E-state index contributed by atoms with van der Waals surface area (Å²) in [7, 11) is 0. The summed E-state index contributed by atoms with van der Waals surface area (Å²) < 4.78 is 74.5. The molecule has 1 amide bonds. The minimum Gasteiger partial charge on any atom is -0.376 e. The first-order chi connectivity index (χ1) is 11.6. The molecule has 0 bridgehead atoms. The standard InChI is InChI=1S/C16H12F6N2O/c17-15(18,19)10-1-5-12(6-2-10)23-9-14(25)24-13-7-3-11(4-8-13)16(20,21)22/h1-8,23H,9H2,(H,24,25). The van der Waals surface area contributed by atoms with Crippen LogP contribution in [0.5, 0.6) is 0 Å². The highest BCUT2D eigenvalue weighted by Crippen LogP contribution is 2.30. The van der Waals surface area contributed by atoms with E-state index in [1.54, 1.807) is 0 Å². The van der Waals surface area contributed by atoms with Gasteiger partial charge in [-0.05, 0) is 48.5 Å². The van der Waals surface area contributed by atoms with Gasteiger partial charge in [-0.3, -0.25) is 4.79 Å². The van der Waals surface area contributed by atoms with E-state index in [-0.39, 0.29) is 12.2 Å². The van der Waals surface area contributed by atoms with Gasteiger partial charge in [0.15, 0.2) is 0 Å². The molecule has 2 aromatic carbocycles. The number of carbonyl (C=O) groups excluding carboxylic acids is 1. The molecule has 0 saturated heterocycles. The molecule has 2 rings (SSSR count). The van der Waals surface area contributed by atoms with Crippen LogP contribution < -0.4 is 10.6 Å². The normalized spacial score (nSPS) is 11.9. The van der Waals surface area contributed by atoms with Crippen molar-refractivity contribution in [3.63, 3.8) is 0 Å². The van der Waals surface area contributed by atoms with Gasteiger partial charge in [-0.25, -0.2) is 0 Å². The molecular formula is C16H12F6N2O. The molecule has 9 heteroatoms. The van der Waals surface area contributed by atoms with Crippen LogP contribution in [0.4, 0.5) is 37.7 Å². The second-order valence-corrected chi connectivity index (χ2v) is 5.05. The third kappa shape index (κ3) is 5.40. The molecule has 0 radical (unpaired) electrons. The lowest BCUT2D eigenvalue weighted by atomic mass is 10.2. The van der Waals surface area contributed by atoms with Crippen LogP contribution >= 0.6 is 0 Å². The Morgan fingerprint density at radius 2 is 1.12 bits per heavy atom. The summed E-state index contributed by atoms with van der Waals surface area (Å²) in [4.78, 5) is 11.7. The van der Waals surface area contributed by atoms with Crippen molar-refractivity contribution in [3.8, 4) is 0 Å². The average Bonchev–Trinajstić information content (AvgIpc) is 2.52. The van der Waals surface area contributed by atoms with Gasteiger partial charge in [0.1, 0.15) is 0 Å². The second kappa shape index (κ2) is 7.04. The third-order valence-electron chi connectivity index (χ3n) is 3.16. The van der Waals surface area contributed by atoms with Gasteiger partial charge in [-0.15, -0.1) is 0 Å². The maximum atomic E-state index is 12.4. The summed E-state index contributed by atoms with van der Waals surface area (Å²) in [6.45, 7) is -0.258. The number of anilines is 2. The zero-order chi connectivity index (χ0) is 18.7. The summed E-state index contributed by atoms with van der Waals surface area (Å²) in [6.07, 6.45) is -8.91. The average molecular weight is 362 g/mol. The molecule has 0 aromatic heterocycles. The molecule has 0 aliphatic carbocycles. The van der Waals surface area contributed by atoms with Crippen molar-refractivity contribution in [2.75, 3.05) is 17.2 Å². The van der Waals surface area contributed by atoms with E-state index in [9.17, 15) is 31.1 Å². The van der Waals surface area contributed by atoms with Crippen LogP contribution in [0.25, 0.3) is 0 Å². The lowest BCUT2D eigenvalue weighted by Crippen LogP contribution is -2.21. The predicted molar refractivity (Wildman–Crippen MR) is 80.0 cm³/mol. The summed E-state index contributed by atoms with van der Waals surface area (Å²) in [6, 6.07) is 7.98. The van der Waals surface area contributed by atoms with E-state index in [1.807, 2.05) is 0 Å². The van der Waals surface area contributed by atoms with Crippen LogP contribution in [0.1, 0.15) is 11.1 Å². The molecule has 134 valence electrons. The number of amides is 1. The van der Waals surface area contributed by atoms with Crippen molar-refractivity contribution in [1.82, 2.24) is 0 Å². The van der Waals surface area contributed by atoms with E-state index >= 15 is 0 Å². The number of carbonyl (C=O) groups is 1. The highest BCUT2D eigenvalue weighted by atomic mass is 19.4. The molecule has 0 heterocycles. The Bertz CT molecular complexity index is 720. The van der Waals surface area contributed by atoms with E-state index in [2.05, 4.69) is 10.6 Å². The lowest BCUT2D eigenvalue weighted by molar-refractivity contribution is -0.138. The van der Waals surface area contributed by atoms with Gasteiger partial charge in [0, 0.05) is 11.4 Å². The molecule has 0 aliphatic heterocycles. The van der Waals surface area contributed by atoms with E-state index in [4.69, 9.17) is 0 Å². The van der Waals surface area contributed by atoms with Gasteiger partial charge in [0.2, 0.25) is 5.91 Å². The molecule has 0 spiro atoms. The molecule has 0 unspecified atom stereocenters. The van der Waals surface area contributed by atoms with Crippen molar-refractivity contribution >= 4 is 17.3 Å². The lowest BCUT2D eigenvalue weighted by Gasteiger charge is -2.11. The number of hydrogen-bond acceptors (Lipinski definition) is 2. The highest BCUT2D eigenvalue weighted by Gasteiger charge is 2.30. The minimum atomic E-state index is -4.47. The molecule has 3 nitrogen and oxygen atoms in total.